The highest BCUT2D eigenvalue weighted by Gasteiger charge is 2.31. The van der Waals surface area contributed by atoms with Gasteiger partial charge in [0.05, 0.1) is 33.1 Å². The molecular weight excluding hydrogens is 610 g/mol. The predicted molar refractivity (Wildman–Crippen MR) is 176 cm³/mol. The van der Waals surface area contributed by atoms with E-state index in [0.717, 1.165) is 29.0 Å². The predicted octanol–water partition coefficient (Wildman–Crippen LogP) is 5.03. The van der Waals surface area contributed by atoms with Crippen molar-refractivity contribution in [2.45, 2.75) is 71.1 Å². The lowest BCUT2D eigenvalue weighted by atomic mass is 9.95. The molecule has 246 valence electrons. The van der Waals surface area contributed by atoms with Crippen LogP contribution in [0, 0.1) is 5.92 Å². The third kappa shape index (κ3) is 6.80. The van der Waals surface area contributed by atoms with Gasteiger partial charge in [0.25, 0.3) is 0 Å². The molecule has 2 aliphatic rings. The topological polar surface area (TPSA) is 150 Å². The molecule has 46 heavy (non-hydrogen) atoms. The van der Waals surface area contributed by atoms with Crippen molar-refractivity contribution in [2.24, 2.45) is 5.92 Å². The van der Waals surface area contributed by atoms with Crippen LogP contribution in [0.2, 0.25) is 0 Å². The molecule has 13 heteroatoms. The summed E-state index contributed by atoms with van der Waals surface area (Å²) in [4.78, 5) is 39.8. The highest BCUT2D eigenvalue weighted by molar-refractivity contribution is 7.15. The van der Waals surface area contributed by atoms with Crippen LogP contribution < -0.4 is 35.6 Å². The maximum atomic E-state index is 13.9. The quantitative estimate of drug-likeness (QED) is 0.258. The normalized spacial score (nSPS) is 18.3. The largest absolute Gasteiger partial charge is 0.493 e. The number of carbonyl (C=O) groups excluding carboxylic acids is 2. The first kappa shape index (κ1) is 33.1. The number of carbonyl (C=O) groups is 2. The molecule has 0 unspecified atom stereocenters. The highest BCUT2D eigenvalue weighted by atomic mass is 32.1. The molecular formula is C33H41N5O7S. The molecule has 0 radical (unpaired) electrons. The second-order valence-electron chi connectivity index (χ2n) is 11.5. The standard InChI is InChI=1S/C33H41N5O7S/c1-7-17(2)28(31(41)36-33-38-37-32(46-33)25-9-8-14-45-25)35-23-13-11-20-21(16-24(23)40)22(34-18(3)39)12-10-19-15-26(42-4)29(43-5)30(44-6)27(19)20/h11,13,15-17,22,25,28H,7-10,12,14H2,1-6H3,(H,34,39)(H,35,40)(H,36,38,41)/t17-,22+,25-,28+/m1/s1. The minimum Gasteiger partial charge on any atom is -0.493 e. The van der Waals surface area contributed by atoms with E-state index in [4.69, 9.17) is 18.9 Å². The Hall–Kier alpha value is -4.23. The summed E-state index contributed by atoms with van der Waals surface area (Å²) in [5, 5.41) is 18.6. The minimum absolute atomic E-state index is 0.0969. The van der Waals surface area contributed by atoms with E-state index in [2.05, 4.69) is 26.1 Å². The van der Waals surface area contributed by atoms with Crippen molar-refractivity contribution in [1.29, 1.82) is 0 Å². The van der Waals surface area contributed by atoms with Gasteiger partial charge >= 0.3 is 0 Å². The number of benzene rings is 1. The van der Waals surface area contributed by atoms with Gasteiger partial charge in [-0.05, 0) is 66.5 Å². The van der Waals surface area contributed by atoms with E-state index in [0.29, 0.717) is 59.4 Å². The van der Waals surface area contributed by atoms with Crippen molar-refractivity contribution >= 4 is 34.0 Å². The molecule has 3 N–H and O–H groups in total. The third-order valence-corrected chi connectivity index (χ3v) is 9.53. The Morgan fingerprint density at radius 3 is 2.52 bits per heavy atom. The minimum atomic E-state index is -0.743. The first-order chi connectivity index (χ1) is 22.2. The van der Waals surface area contributed by atoms with Crippen LogP contribution in [0.4, 0.5) is 10.8 Å². The summed E-state index contributed by atoms with van der Waals surface area (Å²) in [6, 6.07) is 5.76. The number of ether oxygens (including phenoxy) is 4. The van der Waals surface area contributed by atoms with Gasteiger partial charge in [0.2, 0.25) is 28.1 Å². The van der Waals surface area contributed by atoms with E-state index in [1.165, 1.54) is 24.3 Å². The molecule has 4 atom stereocenters. The summed E-state index contributed by atoms with van der Waals surface area (Å²) < 4.78 is 22.9. The van der Waals surface area contributed by atoms with Gasteiger partial charge in [-0.3, -0.25) is 19.7 Å². The van der Waals surface area contributed by atoms with Crippen LogP contribution in [0.5, 0.6) is 17.2 Å². The first-order valence-corrected chi connectivity index (χ1v) is 16.3. The summed E-state index contributed by atoms with van der Waals surface area (Å²) in [6.07, 6.45) is 3.56. The fraction of sp³-hybridized carbons (Fsp3) is 0.485. The summed E-state index contributed by atoms with van der Waals surface area (Å²) in [7, 11) is 4.66. The molecule has 0 spiro atoms. The second-order valence-corrected chi connectivity index (χ2v) is 12.5. The number of methoxy groups -OCH3 is 3. The van der Waals surface area contributed by atoms with Crippen LogP contribution >= 0.6 is 11.3 Å². The zero-order valence-corrected chi connectivity index (χ0v) is 27.8. The number of nitrogens with zero attached hydrogens (tertiary/aromatic N) is 2. The van der Waals surface area contributed by atoms with Crippen LogP contribution in [-0.2, 0) is 20.7 Å². The molecule has 1 aliphatic heterocycles. The number of nitrogens with one attached hydrogen (secondary N) is 3. The van der Waals surface area contributed by atoms with E-state index < -0.39 is 12.1 Å². The zero-order chi connectivity index (χ0) is 33.0. The van der Waals surface area contributed by atoms with Crippen molar-refractivity contribution in [1.82, 2.24) is 15.5 Å². The van der Waals surface area contributed by atoms with Crippen LogP contribution in [0.15, 0.2) is 29.1 Å². The fourth-order valence-corrected chi connectivity index (χ4v) is 6.90. The molecule has 3 aromatic rings. The molecule has 1 aromatic heterocycles. The number of aryl methyl sites for hydroxylation is 1. The van der Waals surface area contributed by atoms with Gasteiger partial charge in [0.1, 0.15) is 17.2 Å². The van der Waals surface area contributed by atoms with E-state index in [9.17, 15) is 14.4 Å². The molecule has 12 nitrogen and oxygen atoms in total. The lowest BCUT2D eigenvalue weighted by Gasteiger charge is -2.23. The van der Waals surface area contributed by atoms with Crippen LogP contribution in [0.3, 0.4) is 0 Å². The Kier molecular flexibility index (Phi) is 10.4. The van der Waals surface area contributed by atoms with Gasteiger partial charge < -0.3 is 29.6 Å². The second kappa shape index (κ2) is 14.5. The lowest BCUT2D eigenvalue weighted by molar-refractivity contribution is -0.120. The Morgan fingerprint density at radius 1 is 1.09 bits per heavy atom. The molecule has 1 saturated heterocycles. The number of fused-ring (bicyclic) bond motifs is 3. The van der Waals surface area contributed by atoms with E-state index >= 15 is 0 Å². The van der Waals surface area contributed by atoms with Gasteiger partial charge in [-0.25, -0.2) is 0 Å². The summed E-state index contributed by atoms with van der Waals surface area (Å²) in [6.45, 7) is 6.08. The van der Waals surface area contributed by atoms with Gasteiger partial charge in [-0.1, -0.05) is 37.7 Å². The Morgan fingerprint density at radius 2 is 1.87 bits per heavy atom. The first-order valence-electron chi connectivity index (χ1n) is 15.5. The molecule has 5 rings (SSSR count). The van der Waals surface area contributed by atoms with Gasteiger partial charge in [0, 0.05) is 19.1 Å². The average Bonchev–Trinajstić information content (AvgIpc) is 3.69. The monoisotopic (exact) mass is 651 g/mol. The third-order valence-electron chi connectivity index (χ3n) is 8.60. The molecule has 0 saturated carbocycles. The number of hydrogen-bond donors (Lipinski definition) is 3. The SMILES string of the molecule is CC[C@@H](C)[C@H](Nc1ccc2c(cc1=O)[C@@H](NC(C)=O)CCc1cc(OC)c(OC)c(OC)c1-2)C(=O)Nc1nnc([C@H]2CCCO2)s1. The summed E-state index contributed by atoms with van der Waals surface area (Å²) >= 11 is 1.30. The molecule has 2 heterocycles. The van der Waals surface area contributed by atoms with Crippen molar-refractivity contribution in [3.8, 4) is 28.4 Å². The van der Waals surface area contributed by atoms with Crippen molar-refractivity contribution in [3.05, 3.63) is 50.6 Å². The molecule has 2 amide bonds. The summed E-state index contributed by atoms with van der Waals surface area (Å²) in [5.41, 5.74) is 2.93. The van der Waals surface area contributed by atoms with Gasteiger partial charge in [-0.2, -0.15) is 0 Å². The Bertz CT molecular complexity index is 1660. The lowest BCUT2D eigenvalue weighted by Crippen LogP contribution is -2.40. The number of anilines is 2. The molecule has 2 aromatic carbocycles. The number of aromatic nitrogens is 2. The van der Waals surface area contributed by atoms with Crippen LogP contribution in [-0.4, -0.2) is 56.0 Å². The van der Waals surface area contributed by atoms with Crippen LogP contribution in [0.1, 0.15) is 74.7 Å². The molecule has 1 fully saturated rings. The van der Waals surface area contributed by atoms with Crippen molar-refractivity contribution in [3.63, 3.8) is 0 Å². The van der Waals surface area contributed by atoms with Gasteiger partial charge in [-0.15, -0.1) is 10.2 Å². The number of amides is 2. The van der Waals surface area contributed by atoms with Crippen LogP contribution in [0.25, 0.3) is 11.1 Å². The highest BCUT2D eigenvalue weighted by Crippen LogP contribution is 2.50. The Labute approximate surface area is 272 Å². The average molecular weight is 652 g/mol. The fourth-order valence-electron chi connectivity index (χ4n) is 6.07. The Balaban J connectivity index is 1.55. The van der Waals surface area contributed by atoms with Crippen molar-refractivity contribution < 1.29 is 28.5 Å². The number of hydrogen-bond acceptors (Lipinski definition) is 11. The maximum absolute atomic E-state index is 13.9. The smallest absolute Gasteiger partial charge is 0.248 e. The van der Waals surface area contributed by atoms with E-state index in [-0.39, 0.29) is 35.0 Å². The summed E-state index contributed by atoms with van der Waals surface area (Å²) in [5.74, 6) is 0.744. The van der Waals surface area contributed by atoms with E-state index in [1.807, 2.05) is 26.0 Å². The maximum Gasteiger partial charge on any atom is 0.248 e. The zero-order valence-electron chi connectivity index (χ0n) is 27.0. The molecule has 0 bridgehead atoms. The molecule has 1 aliphatic carbocycles. The van der Waals surface area contributed by atoms with Crippen molar-refractivity contribution in [2.75, 3.05) is 38.6 Å². The number of rotatable bonds is 11. The van der Waals surface area contributed by atoms with Gasteiger partial charge in [0.15, 0.2) is 11.5 Å². The van der Waals surface area contributed by atoms with E-state index in [1.54, 1.807) is 27.4 Å².